The van der Waals surface area contributed by atoms with E-state index < -0.39 is 11.7 Å². The number of amides is 1. The van der Waals surface area contributed by atoms with Crippen LogP contribution >= 0.6 is 0 Å². The molecule has 4 nitrogen and oxygen atoms in total. The number of ether oxygens (including phenoxy) is 1. The van der Waals surface area contributed by atoms with E-state index in [1.165, 1.54) is 38.4 Å². The topological polar surface area (TPSA) is 58.6 Å². The quantitative estimate of drug-likeness (QED) is 0.764. The molecule has 1 aliphatic carbocycles. The van der Waals surface area contributed by atoms with E-state index in [4.69, 9.17) is 4.74 Å². The van der Waals surface area contributed by atoms with E-state index >= 15 is 0 Å². The van der Waals surface area contributed by atoms with Crippen LogP contribution in [0.1, 0.15) is 55.7 Å². The number of allylic oxidation sites excluding steroid dienone is 1. The number of rotatable bonds is 5. The Balaban J connectivity index is 1.75. The summed E-state index contributed by atoms with van der Waals surface area (Å²) in [6.07, 6.45) is 7.64. The van der Waals surface area contributed by atoms with Gasteiger partial charge in [-0.3, -0.25) is 4.79 Å². The normalized spacial score (nSPS) is 25.0. The SMILES string of the molecule is COC1C(=O)Nc2ccc(/C=C(\C)CC3CCCC3)cc2C1(O)c1ccccc1. The minimum atomic E-state index is -1.54. The average Bonchev–Trinajstić information content (AvgIpc) is 3.22. The van der Waals surface area contributed by atoms with E-state index in [9.17, 15) is 9.90 Å². The predicted molar refractivity (Wildman–Crippen MR) is 116 cm³/mol. The van der Waals surface area contributed by atoms with Gasteiger partial charge in [0.1, 0.15) is 0 Å². The fourth-order valence-corrected chi connectivity index (χ4v) is 4.90. The van der Waals surface area contributed by atoms with E-state index in [1.807, 2.05) is 48.5 Å². The largest absolute Gasteiger partial charge is 0.377 e. The van der Waals surface area contributed by atoms with Crippen LogP contribution in [0.5, 0.6) is 0 Å². The van der Waals surface area contributed by atoms with Crippen molar-refractivity contribution in [1.29, 1.82) is 0 Å². The number of hydrogen-bond acceptors (Lipinski definition) is 3. The minimum Gasteiger partial charge on any atom is -0.377 e. The van der Waals surface area contributed by atoms with Gasteiger partial charge in [-0.1, -0.05) is 73.7 Å². The lowest BCUT2D eigenvalue weighted by Gasteiger charge is -2.40. The molecular weight excluding hydrogens is 362 g/mol. The van der Waals surface area contributed by atoms with Crippen molar-refractivity contribution in [2.75, 3.05) is 12.4 Å². The summed E-state index contributed by atoms with van der Waals surface area (Å²) < 4.78 is 5.46. The minimum absolute atomic E-state index is 0.341. The third kappa shape index (κ3) is 3.75. The molecule has 1 aliphatic heterocycles. The molecule has 0 radical (unpaired) electrons. The fourth-order valence-electron chi connectivity index (χ4n) is 4.90. The molecule has 0 spiro atoms. The molecule has 1 amide bonds. The smallest absolute Gasteiger partial charge is 0.257 e. The zero-order valence-corrected chi connectivity index (χ0v) is 17.2. The van der Waals surface area contributed by atoms with Crippen LogP contribution in [0, 0.1) is 5.92 Å². The van der Waals surface area contributed by atoms with Gasteiger partial charge in [-0.05, 0) is 42.5 Å². The lowest BCUT2D eigenvalue weighted by molar-refractivity contribution is -0.142. The van der Waals surface area contributed by atoms with Gasteiger partial charge in [0.2, 0.25) is 0 Å². The maximum Gasteiger partial charge on any atom is 0.257 e. The van der Waals surface area contributed by atoms with Crippen molar-refractivity contribution in [2.24, 2.45) is 5.92 Å². The summed E-state index contributed by atoms with van der Waals surface area (Å²) in [5.74, 6) is 0.453. The molecule has 4 rings (SSSR count). The first kappa shape index (κ1) is 19.9. The van der Waals surface area contributed by atoms with Gasteiger partial charge in [-0.25, -0.2) is 0 Å². The lowest BCUT2D eigenvalue weighted by atomic mass is 9.77. The van der Waals surface area contributed by atoms with E-state index in [2.05, 4.69) is 18.3 Å². The predicted octanol–water partition coefficient (Wildman–Crippen LogP) is 4.87. The second-order valence-corrected chi connectivity index (χ2v) is 8.39. The van der Waals surface area contributed by atoms with Crippen molar-refractivity contribution in [3.8, 4) is 0 Å². The Morgan fingerprint density at radius 1 is 1.21 bits per heavy atom. The number of aliphatic hydroxyl groups is 1. The maximum absolute atomic E-state index is 12.6. The summed E-state index contributed by atoms with van der Waals surface area (Å²) in [5.41, 5.74) is 2.77. The number of carbonyl (C=O) groups excluding carboxylic acids is 1. The first-order valence-electron chi connectivity index (χ1n) is 10.5. The molecule has 4 heteroatoms. The van der Waals surface area contributed by atoms with Crippen molar-refractivity contribution < 1.29 is 14.6 Å². The van der Waals surface area contributed by atoms with Gasteiger partial charge in [0.05, 0.1) is 0 Å². The summed E-state index contributed by atoms with van der Waals surface area (Å²) >= 11 is 0. The Hall–Kier alpha value is -2.43. The monoisotopic (exact) mass is 391 g/mol. The standard InChI is InChI=1S/C25H29NO3/c1-17(14-18-8-6-7-9-18)15-19-12-13-22-21(16-19)25(28,20-10-4-3-5-11-20)23(29-2)24(27)26-22/h3-5,10-13,15-16,18,23,28H,6-9,14H2,1-2H3,(H,26,27)/b17-15+. The summed E-state index contributed by atoms with van der Waals surface area (Å²) in [7, 11) is 1.46. The molecule has 29 heavy (non-hydrogen) atoms. The van der Waals surface area contributed by atoms with Gasteiger partial charge in [0.15, 0.2) is 11.7 Å². The highest BCUT2D eigenvalue weighted by Crippen LogP contribution is 2.43. The van der Waals surface area contributed by atoms with Crippen molar-refractivity contribution in [3.05, 3.63) is 70.8 Å². The molecule has 2 N–H and O–H groups in total. The number of nitrogens with one attached hydrogen (secondary N) is 1. The van der Waals surface area contributed by atoms with Gasteiger partial charge >= 0.3 is 0 Å². The summed E-state index contributed by atoms with van der Waals surface area (Å²) in [4.78, 5) is 12.6. The summed E-state index contributed by atoms with van der Waals surface area (Å²) in [6, 6.07) is 15.1. The number of benzene rings is 2. The molecule has 1 saturated carbocycles. The highest BCUT2D eigenvalue weighted by atomic mass is 16.5. The summed E-state index contributed by atoms with van der Waals surface area (Å²) in [6.45, 7) is 2.18. The Morgan fingerprint density at radius 2 is 1.93 bits per heavy atom. The zero-order valence-electron chi connectivity index (χ0n) is 17.2. The van der Waals surface area contributed by atoms with Gasteiger partial charge in [-0.15, -0.1) is 0 Å². The van der Waals surface area contributed by atoms with Gasteiger partial charge < -0.3 is 15.2 Å². The van der Waals surface area contributed by atoms with Gasteiger partial charge in [-0.2, -0.15) is 0 Å². The first-order valence-corrected chi connectivity index (χ1v) is 10.5. The second-order valence-electron chi connectivity index (χ2n) is 8.39. The molecular formula is C25H29NO3. The van der Waals surface area contributed by atoms with Gasteiger partial charge in [0.25, 0.3) is 5.91 Å². The third-order valence-electron chi connectivity index (χ3n) is 6.28. The van der Waals surface area contributed by atoms with Crippen molar-refractivity contribution in [3.63, 3.8) is 0 Å². The summed E-state index contributed by atoms with van der Waals surface area (Å²) in [5, 5.41) is 14.7. The molecule has 0 bridgehead atoms. The molecule has 2 aromatic carbocycles. The van der Waals surface area contributed by atoms with Crippen molar-refractivity contribution >= 4 is 17.7 Å². The van der Waals surface area contributed by atoms with Crippen LogP contribution in [0.15, 0.2) is 54.1 Å². The van der Waals surface area contributed by atoms with Crippen LogP contribution in [0.2, 0.25) is 0 Å². The first-order chi connectivity index (χ1) is 14.0. The Labute approximate surface area is 172 Å². The average molecular weight is 392 g/mol. The number of anilines is 1. The van der Waals surface area contributed by atoms with Crippen LogP contribution < -0.4 is 5.32 Å². The number of methoxy groups -OCH3 is 1. The van der Waals surface area contributed by atoms with Crippen LogP contribution in [0.25, 0.3) is 6.08 Å². The molecule has 0 aromatic heterocycles. The third-order valence-corrected chi connectivity index (χ3v) is 6.28. The van der Waals surface area contributed by atoms with Crippen LogP contribution in [-0.4, -0.2) is 24.2 Å². The van der Waals surface area contributed by atoms with Crippen LogP contribution in [0.3, 0.4) is 0 Å². The zero-order chi connectivity index (χ0) is 20.4. The maximum atomic E-state index is 12.6. The molecule has 1 fully saturated rings. The molecule has 0 saturated heterocycles. The lowest BCUT2D eigenvalue weighted by Crippen LogP contribution is -2.52. The van der Waals surface area contributed by atoms with Crippen molar-refractivity contribution in [2.45, 2.75) is 50.7 Å². The number of fused-ring (bicyclic) bond motifs is 1. The second kappa shape index (κ2) is 8.13. The van der Waals surface area contributed by atoms with Crippen LogP contribution in [-0.2, 0) is 15.1 Å². The molecule has 2 unspecified atom stereocenters. The number of carbonyl (C=O) groups is 1. The molecule has 2 aromatic rings. The van der Waals surface area contributed by atoms with E-state index in [-0.39, 0.29) is 5.91 Å². The molecule has 152 valence electrons. The Bertz CT molecular complexity index is 915. The van der Waals surface area contributed by atoms with E-state index in [1.54, 1.807) is 0 Å². The molecule has 2 aliphatic rings. The van der Waals surface area contributed by atoms with E-state index in [0.717, 1.165) is 17.9 Å². The molecule has 1 heterocycles. The van der Waals surface area contributed by atoms with Gasteiger partial charge in [0, 0.05) is 18.4 Å². The Kier molecular flexibility index (Phi) is 5.57. The highest BCUT2D eigenvalue weighted by Gasteiger charge is 2.49. The van der Waals surface area contributed by atoms with Crippen LogP contribution in [0.4, 0.5) is 5.69 Å². The van der Waals surface area contributed by atoms with E-state index in [0.29, 0.717) is 16.8 Å². The highest BCUT2D eigenvalue weighted by molar-refractivity contribution is 5.99. The molecule has 2 atom stereocenters. The Morgan fingerprint density at radius 3 is 2.62 bits per heavy atom. The number of hydrogen-bond donors (Lipinski definition) is 2. The van der Waals surface area contributed by atoms with Crippen molar-refractivity contribution in [1.82, 2.24) is 0 Å². The fraction of sp³-hybridized carbons (Fsp3) is 0.400.